The Morgan fingerprint density at radius 1 is 0.914 bits per heavy atom. The molecule has 0 saturated carbocycles. The minimum atomic E-state index is -3.68. The van der Waals surface area contributed by atoms with Crippen LogP contribution in [0.5, 0.6) is 5.75 Å². The molecule has 0 saturated heterocycles. The van der Waals surface area contributed by atoms with Gasteiger partial charge in [-0.3, -0.25) is 9.10 Å². The molecule has 0 radical (unpaired) electrons. The van der Waals surface area contributed by atoms with Crippen molar-refractivity contribution in [1.29, 1.82) is 0 Å². The maximum atomic E-state index is 12.7. The first-order chi connectivity index (χ1) is 16.8. The zero-order valence-electron chi connectivity index (χ0n) is 19.6. The molecule has 0 aliphatic heterocycles. The predicted octanol–water partition coefficient (Wildman–Crippen LogP) is 4.49. The lowest BCUT2D eigenvalue weighted by atomic mass is 10.2. The molecule has 3 aromatic carbocycles. The summed E-state index contributed by atoms with van der Waals surface area (Å²) < 4.78 is 37.3. The fourth-order valence-electron chi connectivity index (χ4n) is 3.07. The Kier molecular flexibility index (Phi) is 8.86. The molecule has 0 fully saturated rings. The number of carbonyl (C=O) groups is 2. The predicted molar refractivity (Wildman–Crippen MR) is 134 cm³/mol. The van der Waals surface area contributed by atoms with Gasteiger partial charge in [-0.15, -0.1) is 0 Å². The quantitative estimate of drug-likeness (QED) is 0.310. The molecule has 0 heterocycles. The fourth-order valence-corrected chi connectivity index (χ4v) is 4.29. The number of esters is 1. The molecule has 3 aromatic rings. The molecule has 0 unspecified atom stereocenters. The normalized spacial score (nSPS) is 10.9. The summed E-state index contributed by atoms with van der Waals surface area (Å²) in [7, 11) is -2.21. The molecular weight excluding hydrogens is 468 g/mol. The third-order valence-electron chi connectivity index (χ3n) is 5.11. The van der Waals surface area contributed by atoms with Gasteiger partial charge in [0.05, 0.1) is 22.8 Å². The van der Waals surface area contributed by atoms with E-state index in [4.69, 9.17) is 9.47 Å². The van der Waals surface area contributed by atoms with Crippen LogP contribution in [0.3, 0.4) is 0 Å². The summed E-state index contributed by atoms with van der Waals surface area (Å²) in [6, 6.07) is 21.0. The number of amides is 1. The molecule has 9 heteroatoms. The third kappa shape index (κ3) is 7.07. The summed E-state index contributed by atoms with van der Waals surface area (Å²) in [6.07, 6.45) is 1.75. The van der Waals surface area contributed by atoms with Gasteiger partial charge in [-0.05, 0) is 67.1 Å². The monoisotopic (exact) mass is 496 g/mol. The van der Waals surface area contributed by atoms with Crippen LogP contribution in [-0.2, 0) is 19.6 Å². The van der Waals surface area contributed by atoms with E-state index in [1.165, 1.54) is 23.5 Å². The largest absolute Gasteiger partial charge is 0.484 e. The number of hydrogen-bond acceptors (Lipinski definition) is 6. The van der Waals surface area contributed by atoms with Crippen LogP contribution in [0.25, 0.3) is 0 Å². The molecule has 0 aliphatic carbocycles. The van der Waals surface area contributed by atoms with E-state index in [0.29, 0.717) is 29.3 Å². The molecule has 0 aliphatic rings. The van der Waals surface area contributed by atoms with Crippen LogP contribution in [0, 0.1) is 0 Å². The van der Waals surface area contributed by atoms with E-state index in [0.717, 1.165) is 12.8 Å². The first kappa shape index (κ1) is 25.8. The lowest BCUT2D eigenvalue weighted by molar-refractivity contribution is -0.118. The lowest BCUT2D eigenvalue weighted by Crippen LogP contribution is -2.26. The van der Waals surface area contributed by atoms with Crippen molar-refractivity contribution in [1.82, 2.24) is 0 Å². The minimum absolute atomic E-state index is 0.195. The number of nitrogens with zero attached hydrogens (tertiary/aromatic N) is 1. The van der Waals surface area contributed by atoms with Gasteiger partial charge in [0.25, 0.3) is 15.9 Å². The highest BCUT2D eigenvalue weighted by atomic mass is 32.2. The van der Waals surface area contributed by atoms with Gasteiger partial charge in [0.15, 0.2) is 6.61 Å². The van der Waals surface area contributed by atoms with Gasteiger partial charge in [0.2, 0.25) is 0 Å². The maximum Gasteiger partial charge on any atom is 0.338 e. The van der Waals surface area contributed by atoms with E-state index >= 15 is 0 Å². The summed E-state index contributed by atoms with van der Waals surface area (Å²) in [6.45, 7) is 2.16. The van der Waals surface area contributed by atoms with Crippen molar-refractivity contribution in [2.75, 3.05) is 29.9 Å². The van der Waals surface area contributed by atoms with E-state index < -0.39 is 16.0 Å². The van der Waals surface area contributed by atoms with Gasteiger partial charge in [-0.25, -0.2) is 13.2 Å². The van der Waals surface area contributed by atoms with Crippen molar-refractivity contribution in [3.8, 4) is 5.75 Å². The molecule has 1 N–H and O–H groups in total. The summed E-state index contributed by atoms with van der Waals surface area (Å²) in [5, 5.41) is 2.69. The molecular formula is C26H28N2O6S. The van der Waals surface area contributed by atoms with Gasteiger partial charge in [-0.1, -0.05) is 31.5 Å². The van der Waals surface area contributed by atoms with Crippen molar-refractivity contribution in [2.24, 2.45) is 0 Å². The summed E-state index contributed by atoms with van der Waals surface area (Å²) in [5.41, 5.74) is 1.39. The Labute approximate surface area is 205 Å². The second-order valence-corrected chi connectivity index (χ2v) is 9.65. The zero-order chi connectivity index (χ0) is 25.3. The standard InChI is InChI=1S/C26H28N2O6S/c1-3-4-18-33-26(30)20-10-12-21(13-11-20)27-25(29)19-34-23-16-14-22(15-17-23)28(2)35(31,32)24-8-6-5-7-9-24/h5-17H,3-4,18-19H2,1-2H3,(H,27,29). The molecule has 0 spiro atoms. The molecule has 0 aromatic heterocycles. The van der Waals surface area contributed by atoms with Crippen molar-refractivity contribution in [2.45, 2.75) is 24.7 Å². The van der Waals surface area contributed by atoms with Crippen molar-refractivity contribution in [3.63, 3.8) is 0 Å². The van der Waals surface area contributed by atoms with Crippen LogP contribution in [-0.4, -0.2) is 40.6 Å². The van der Waals surface area contributed by atoms with Crippen LogP contribution in [0.1, 0.15) is 30.1 Å². The Morgan fingerprint density at radius 3 is 2.20 bits per heavy atom. The Morgan fingerprint density at radius 2 is 1.57 bits per heavy atom. The first-order valence-corrected chi connectivity index (χ1v) is 12.6. The highest BCUT2D eigenvalue weighted by Gasteiger charge is 2.20. The van der Waals surface area contributed by atoms with Crippen LogP contribution in [0.4, 0.5) is 11.4 Å². The van der Waals surface area contributed by atoms with Crippen molar-refractivity contribution < 1.29 is 27.5 Å². The highest BCUT2D eigenvalue weighted by Crippen LogP contribution is 2.24. The first-order valence-electron chi connectivity index (χ1n) is 11.1. The number of unbranched alkanes of at least 4 members (excludes halogenated alkanes) is 1. The molecule has 0 atom stereocenters. The lowest BCUT2D eigenvalue weighted by Gasteiger charge is -2.19. The number of rotatable bonds is 11. The second kappa shape index (κ2) is 12.0. The van der Waals surface area contributed by atoms with Gasteiger partial charge in [0, 0.05) is 12.7 Å². The zero-order valence-corrected chi connectivity index (χ0v) is 20.5. The van der Waals surface area contributed by atoms with Crippen LogP contribution >= 0.6 is 0 Å². The minimum Gasteiger partial charge on any atom is -0.484 e. The number of hydrogen-bond donors (Lipinski definition) is 1. The molecule has 8 nitrogen and oxygen atoms in total. The van der Waals surface area contributed by atoms with Crippen molar-refractivity contribution in [3.05, 3.63) is 84.4 Å². The SMILES string of the molecule is CCCCOC(=O)c1ccc(NC(=O)COc2ccc(N(C)S(=O)(=O)c3ccccc3)cc2)cc1. The topological polar surface area (TPSA) is 102 Å². The van der Waals surface area contributed by atoms with Crippen molar-refractivity contribution >= 4 is 33.3 Å². The summed E-state index contributed by atoms with van der Waals surface area (Å²) in [5.74, 6) is -0.360. The van der Waals surface area contributed by atoms with Gasteiger partial charge in [-0.2, -0.15) is 0 Å². The van der Waals surface area contributed by atoms with E-state index in [2.05, 4.69) is 5.32 Å². The number of sulfonamides is 1. The third-order valence-corrected chi connectivity index (χ3v) is 6.91. The summed E-state index contributed by atoms with van der Waals surface area (Å²) in [4.78, 5) is 24.4. The second-order valence-electron chi connectivity index (χ2n) is 7.68. The van der Waals surface area contributed by atoms with Crippen LogP contribution in [0.2, 0.25) is 0 Å². The highest BCUT2D eigenvalue weighted by molar-refractivity contribution is 7.92. The van der Waals surface area contributed by atoms with Crippen LogP contribution in [0.15, 0.2) is 83.8 Å². The van der Waals surface area contributed by atoms with Crippen LogP contribution < -0.4 is 14.4 Å². The number of anilines is 2. The number of benzene rings is 3. The Balaban J connectivity index is 1.51. The fraction of sp³-hybridized carbons (Fsp3) is 0.231. The van der Waals surface area contributed by atoms with Gasteiger partial charge >= 0.3 is 5.97 Å². The van der Waals surface area contributed by atoms with E-state index in [9.17, 15) is 18.0 Å². The van der Waals surface area contributed by atoms with E-state index in [1.807, 2.05) is 6.92 Å². The smallest absolute Gasteiger partial charge is 0.338 e. The molecule has 35 heavy (non-hydrogen) atoms. The number of ether oxygens (including phenoxy) is 2. The van der Waals surface area contributed by atoms with Gasteiger partial charge in [0.1, 0.15) is 5.75 Å². The Bertz CT molecular complexity index is 1230. The molecule has 0 bridgehead atoms. The maximum absolute atomic E-state index is 12.7. The molecule has 3 rings (SSSR count). The average Bonchev–Trinajstić information content (AvgIpc) is 2.88. The molecule has 184 valence electrons. The molecule has 1 amide bonds. The number of nitrogens with one attached hydrogen (secondary N) is 1. The van der Waals surface area contributed by atoms with E-state index in [1.54, 1.807) is 66.7 Å². The average molecular weight is 497 g/mol. The Hall–Kier alpha value is -3.85. The number of carbonyl (C=O) groups excluding carboxylic acids is 2. The summed E-state index contributed by atoms with van der Waals surface area (Å²) >= 11 is 0. The van der Waals surface area contributed by atoms with Gasteiger partial charge < -0.3 is 14.8 Å². The van der Waals surface area contributed by atoms with E-state index in [-0.39, 0.29) is 17.4 Å².